The zero-order valence-electron chi connectivity index (χ0n) is 9.85. The molecule has 2 rings (SSSR count). The van der Waals surface area contributed by atoms with Crippen LogP contribution in [0.25, 0.3) is 0 Å². The minimum Gasteiger partial charge on any atom is -0.326 e. The molecule has 1 aromatic carbocycles. The van der Waals surface area contributed by atoms with Crippen LogP contribution in [-0.4, -0.2) is 15.5 Å². The van der Waals surface area contributed by atoms with Gasteiger partial charge in [0.2, 0.25) is 0 Å². The molecule has 0 saturated heterocycles. The van der Waals surface area contributed by atoms with Crippen molar-refractivity contribution in [3.63, 3.8) is 0 Å². The third kappa shape index (κ3) is 2.06. The third-order valence-electron chi connectivity index (χ3n) is 3.63. The van der Waals surface area contributed by atoms with Crippen molar-refractivity contribution < 1.29 is 4.21 Å². The van der Waals surface area contributed by atoms with Gasteiger partial charge >= 0.3 is 0 Å². The molecule has 2 nitrogen and oxygen atoms in total. The van der Waals surface area contributed by atoms with E-state index >= 15 is 0 Å². The van der Waals surface area contributed by atoms with E-state index in [-0.39, 0.29) is 16.7 Å². The van der Waals surface area contributed by atoms with Crippen LogP contribution in [0, 0.1) is 5.41 Å². The van der Waals surface area contributed by atoms with Gasteiger partial charge in [-0.15, -0.1) is 0 Å². The molecular formula is C13H19NOS. The van der Waals surface area contributed by atoms with Gasteiger partial charge < -0.3 is 5.73 Å². The number of nitrogens with two attached hydrogens (primary N) is 1. The molecule has 1 aliphatic carbocycles. The summed E-state index contributed by atoms with van der Waals surface area (Å²) >= 11 is 0. The van der Waals surface area contributed by atoms with Crippen molar-refractivity contribution in [2.24, 2.45) is 11.1 Å². The van der Waals surface area contributed by atoms with Crippen molar-refractivity contribution in [2.45, 2.75) is 42.9 Å². The second kappa shape index (κ2) is 4.30. The molecule has 1 fully saturated rings. The molecule has 0 heterocycles. The molecule has 3 heteroatoms. The first-order valence-corrected chi connectivity index (χ1v) is 6.95. The molecule has 0 bridgehead atoms. The lowest BCUT2D eigenvalue weighted by Gasteiger charge is -2.26. The van der Waals surface area contributed by atoms with E-state index in [2.05, 4.69) is 13.8 Å². The number of rotatable bonds is 2. The molecule has 3 unspecified atom stereocenters. The maximum absolute atomic E-state index is 12.4. The predicted molar refractivity (Wildman–Crippen MR) is 67.6 cm³/mol. The van der Waals surface area contributed by atoms with Gasteiger partial charge in [-0.25, -0.2) is 0 Å². The Hall–Kier alpha value is -0.670. The lowest BCUT2D eigenvalue weighted by Crippen LogP contribution is -2.41. The number of hydrogen-bond acceptors (Lipinski definition) is 2. The highest BCUT2D eigenvalue weighted by atomic mass is 32.2. The van der Waals surface area contributed by atoms with Crippen LogP contribution < -0.4 is 5.73 Å². The number of benzene rings is 1. The van der Waals surface area contributed by atoms with Crippen LogP contribution in [-0.2, 0) is 10.8 Å². The zero-order chi connectivity index (χ0) is 11.8. The summed E-state index contributed by atoms with van der Waals surface area (Å²) < 4.78 is 12.4. The highest BCUT2D eigenvalue weighted by molar-refractivity contribution is 7.85. The normalized spacial score (nSPS) is 30.2. The highest BCUT2D eigenvalue weighted by Gasteiger charge is 2.42. The van der Waals surface area contributed by atoms with Crippen molar-refractivity contribution in [1.82, 2.24) is 0 Å². The smallest absolute Gasteiger partial charge is 0.0576 e. The summed E-state index contributed by atoms with van der Waals surface area (Å²) in [4.78, 5) is 0.903. The molecule has 0 aromatic heterocycles. The maximum Gasteiger partial charge on any atom is 0.0576 e. The maximum atomic E-state index is 12.4. The summed E-state index contributed by atoms with van der Waals surface area (Å²) in [6, 6.07) is 9.69. The zero-order valence-corrected chi connectivity index (χ0v) is 10.7. The average Bonchev–Trinajstić information content (AvgIpc) is 2.55. The molecule has 0 amide bonds. The van der Waals surface area contributed by atoms with Crippen molar-refractivity contribution in [1.29, 1.82) is 0 Å². The quantitative estimate of drug-likeness (QED) is 0.857. The van der Waals surface area contributed by atoms with E-state index in [4.69, 9.17) is 5.73 Å². The van der Waals surface area contributed by atoms with Crippen molar-refractivity contribution in [3.05, 3.63) is 30.3 Å². The second-order valence-electron chi connectivity index (χ2n) is 5.20. The van der Waals surface area contributed by atoms with Gasteiger partial charge in [-0.1, -0.05) is 32.0 Å². The van der Waals surface area contributed by atoms with Gasteiger partial charge in [0.25, 0.3) is 0 Å². The first kappa shape index (κ1) is 11.8. The Balaban J connectivity index is 2.19. The molecule has 0 spiro atoms. The van der Waals surface area contributed by atoms with Crippen LogP contribution in [0.2, 0.25) is 0 Å². The van der Waals surface area contributed by atoms with Crippen LogP contribution in [0.1, 0.15) is 26.7 Å². The van der Waals surface area contributed by atoms with E-state index < -0.39 is 10.8 Å². The fourth-order valence-electron chi connectivity index (χ4n) is 2.33. The van der Waals surface area contributed by atoms with Gasteiger partial charge in [0.1, 0.15) is 0 Å². The predicted octanol–water partition coefficient (Wildman–Crippen LogP) is 2.31. The monoisotopic (exact) mass is 237 g/mol. The molecule has 1 aliphatic rings. The van der Waals surface area contributed by atoms with Crippen LogP contribution in [0.4, 0.5) is 0 Å². The summed E-state index contributed by atoms with van der Waals surface area (Å²) in [5.41, 5.74) is 6.32. The molecule has 3 atom stereocenters. The SMILES string of the molecule is CC1(C)CCC(S(=O)c2ccccc2)C1N. The van der Waals surface area contributed by atoms with Gasteiger partial charge in [0.15, 0.2) is 0 Å². The summed E-state index contributed by atoms with van der Waals surface area (Å²) in [5, 5.41) is 0.109. The fourth-order valence-corrected chi connectivity index (χ4v) is 4.07. The summed E-state index contributed by atoms with van der Waals surface area (Å²) in [6.45, 7) is 4.33. The Bertz CT molecular complexity index is 388. The Morgan fingerprint density at radius 1 is 1.31 bits per heavy atom. The third-order valence-corrected chi connectivity index (χ3v) is 5.44. The molecule has 0 aliphatic heterocycles. The highest BCUT2D eigenvalue weighted by Crippen LogP contribution is 2.39. The standard InChI is InChI=1S/C13H19NOS/c1-13(2)9-8-11(12(13)14)16(15)10-6-4-3-5-7-10/h3-7,11-12H,8-9,14H2,1-2H3. The van der Waals surface area contributed by atoms with E-state index in [1.807, 2.05) is 30.3 Å². The van der Waals surface area contributed by atoms with Crippen LogP contribution in [0.5, 0.6) is 0 Å². The van der Waals surface area contributed by atoms with E-state index in [0.29, 0.717) is 0 Å². The topological polar surface area (TPSA) is 43.1 Å². The number of hydrogen-bond donors (Lipinski definition) is 1. The first-order valence-electron chi connectivity index (χ1n) is 5.73. The van der Waals surface area contributed by atoms with Crippen LogP contribution >= 0.6 is 0 Å². The Kier molecular flexibility index (Phi) is 3.17. The minimum absolute atomic E-state index is 0.0357. The van der Waals surface area contributed by atoms with Gasteiger partial charge in [-0.2, -0.15) is 0 Å². The second-order valence-corrected chi connectivity index (χ2v) is 6.87. The lowest BCUT2D eigenvalue weighted by atomic mass is 9.88. The Labute approximate surface area is 99.7 Å². The van der Waals surface area contributed by atoms with E-state index in [9.17, 15) is 4.21 Å². The van der Waals surface area contributed by atoms with Crippen LogP contribution in [0.15, 0.2) is 35.2 Å². The van der Waals surface area contributed by atoms with Gasteiger partial charge in [0, 0.05) is 10.9 Å². The lowest BCUT2D eigenvalue weighted by molar-refractivity contribution is 0.334. The van der Waals surface area contributed by atoms with Crippen LogP contribution in [0.3, 0.4) is 0 Å². The molecule has 2 N–H and O–H groups in total. The van der Waals surface area contributed by atoms with Gasteiger partial charge in [-0.05, 0) is 30.4 Å². The van der Waals surface area contributed by atoms with E-state index in [1.165, 1.54) is 0 Å². The van der Waals surface area contributed by atoms with E-state index in [0.717, 1.165) is 17.7 Å². The van der Waals surface area contributed by atoms with Crippen molar-refractivity contribution in [2.75, 3.05) is 0 Å². The molecule has 0 radical (unpaired) electrons. The summed E-state index contributed by atoms with van der Waals surface area (Å²) in [5.74, 6) is 0. The molecule has 16 heavy (non-hydrogen) atoms. The molecular weight excluding hydrogens is 218 g/mol. The Morgan fingerprint density at radius 2 is 1.94 bits per heavy atom. The van der Waals surface area contributed by atoms with Gasteiger partial charge in [0.05, 0.1) is 16.0 Å². The summed E-state index contributed by atoms with van der Waals surface area (Å²) in [6.07, 6.45) is 2.03. The van der Waals surface area contributed by atoms with Gasteiger partial charge in [-0.3, -0.25) is 4.21 Å². The molecule has 1 saturated carbocycles. The van der Waals surface area contributed by atoms with Crippen molar-refractivity contribution in [3.8, 4) is 0 Å². The first-order chi connectivity index (χ1) is 7.52. The van der Waals surface area contributed by atoms with Crippen molar-refractivity contribution >= 4 is 10.8 Å². The molecule has 88 valence electrons. The van der Waals surface area contributed by atoms with E-state index in [1.54, 1.807) is 0 Å². The Morgan fingerprint density at radius 3 is 2.44 bits per heavy atom. The average molecular weight is 237 g/mol. The fraction of sp³-hybridized carbons (Fsp3) is 0.538. The largest absolute Gasteiger partial charge is 0.326 e. The minimum atomic E-state index is -0.960. The summed E-state index contributed by atoms with van der Waals surface area (Å²) in [7, 11) is -0.960. The molecule has 1 aromatic rings.